The normalized spacial score (nSPS) is 16.2. The molecule has 0 aliphatic heterocycles. The number of carbonyl (C=O) groups is 1. The maximum absolute atomic E-state index is 12.1. The molecule has 1 fully saturated rings. The zero-order valence-electron chi connectivity index (χ0n) is 11.5. The number of anilines is 1. The van der Waals surface area contributed by atoms with E-state index in [2.05, 4.69) is 17.6 Å². The molecular formula is C15H22N2O. The summed E-state index contributed by atoms with van der Waals surface area (Å²) in [4.78, 5) is 12.1. The number of hydrogen-bond donors (Lipinski definition) is 2. The van der Waals surface area contributed by atoms with Crippen molar-refractivity contribution < 1.29 is 4.79 Å². The first-order chi connectivity index (χ1) is 8.60. The number of benzene rings is 1. The van der Waals surface area contributed by atoms with E-state index in [1.54, 1.807) is 0 Å². The van der Waals surface area contributed by atoms with Gasteiger partial charge in [0.2, 0.25) is 0 Å². The van der Waals surface area contributed by atoms with E-state index in [0.29, 0.717) is 5.41 Å². The summed E-state index contributed by atoms with van der Waals surface area (Å²) < 4.78 is 0. The van der Waals surface area contributed by atoms with Gasteiger partial charge in [-0.15, -0.1) is 0 Å². The Morgan fingerprint density at radius 3 is 2.61 bits per heavy atom. The van der Waals surface area contributed by atoms with Crippen molar-refractivity contribution >= 4 is 11.6 Å². The van der Waals surface area contributed by atoms with Gasteiger partial charge in [0.1, 0.15) is 0 Å². The second kappa shape index (κ2) is 5.01. The molecule has 1 amide bonds. The highest BCUT2D eigenvalue weighted by Gasteiger charge is 2.40. The second-order valence-corrected chi connectivity index (χ2v) is 5.32. The van der Waals surface area contributed by atoms with E-state index in [1.807, 2.05) is 32.2 Å². The van der Waals surface area contributed by atoms with E-state index >= 15 is 0 Å². The van der Waals surface area contributed by atoms with Crippen LogP contribution in [-0.4, -0.2) is 19.5 Å². The van der Waals surface area contributed by atoms with E-state index < -0.39 is 0 Å². The monoisotopic (exact) mass is 246 g/mol. The lowest BCUT2D eigenvalue weighted by Crippen LogP contribution is -2.30. The smallest absolute Gasteiger partial charge is 0.251 e. The lowest BCUT2D eigenvalue weighted by molar-refractivity contribution is 0.0944. The number of aryl methyl sites for hydroxylation is 1. The predicted octanol–water partition coefficient (Wildman–Crippen LogP) is 2.96. The Morgan fingerprint density at radius 1 is 1.39 bits per heavy atom. The molecule has 0 aromatic heterocycles. The van der Waals surface area contributed by atoms with Gasteiger partial charge in [-0.25, -0.2) is 0 Å². The minimum absolute atomic E-state index is 0.0421. The van der Waals surface area contributed by atoms with Gasteiger partial charge in [-0.2, -0.15) is 0 Å². The van der Waals surface area contributed by atoms with E-state index in [-0.39, 0.29) is 5.91 Å². The van der Waals surface area contributed by atoms with Gasteiger partial charge in [-0.3, -0.25) is 4.79 Å². The largest absolute Gasteiger partial charge is 0.388 e. The third-order valence-corrected chi connectivity index (χ3v) is 4.09. The SMILES string of the molecule is CCC1(CNC(=O)c2ccc(NC)c(C)c2)CC1. The predicted molar refractivity (Wildman–Crippen MR) is 75.0 cm³/mol. The molecule has 0 atom stereocenters. The van der Waals surface area contributed by atoms with Crippen molar-refractivity contribution in [3.8, 4) is 0 Å². The summed E-state index contributed by atoms with van der Waals surface area (Å²) in [5.41, 5.74) is 3.31. The van der Waals surface area contributed by atoms with Crippen LogP contribution in [0, 0.1) is 12.3 Å². The average molecular weight is 246 g/mol. The van der Waals surface area contributed by atoms with E-state index in [1.165, 1.54) is 12.8 Å². The molecule has 0 unspecified atom stereocenters. The Labute approximate surface area is 109 Å². The minimum Gasteiger partial charge on any atom is -0.388 e. The van der Waals surface area contributed by atoms with Gasteiger partial charge in [0.15, 0.2) is 0 Å². The average Bonchev–Trinajstić information content (AvgIpc) is 3.16. The van der Waals surface area contributed by atoms with Gasteiger partial charge in [-0.1, -0.05) is 6.92 Å². The number of hydrogen-bond acceptors (Lipinski definition) is 2. The lowest BCUT2D eigenvalue weighted by atomic mass is 10.0. The van der Waals surface area contributed by atoms with Crippen LogP contribution in [0.5, 0.6) is 0 Å². The van der Waals surface area contributed by atoms with Crippen molar-refractivity contribution in [1.29, 1.82) is 0 Å². The Morgan fingerprint density at radius 2 is 2.11 bits per heavy atom. The van der Waals surface area contributed by atoms with Gasteiger partial charge in [0, 0.05) is 24.8 Å². The molecule has 3 nitrogen and oxygen atoms in total. The van der Waals surface area contributed by atoms with E-state index in [0.717, 1.165) is 29.8 Å². The molecule has 0 heterocycles. The summed E-state index contributed by atoms with van der Waals surface area (Å²) in [6.45, 7) is 5.03. The maximum Gasteiger partial charge on any atom is 0.251 e. The molecule has 2 rings (SSSR count). The maximum atomic E-state index is 12.1. The van der Waals surface area contributed by atoms with Crippen molar-refractivity contribution in [2.45, 2.75) is 33.1 Å². The Bertz CT molecular complexity index is 450. The molecule has 2 N–H and O–H groups in total. The summed E-state index contributed by atoms with van der Waals surface area (Å²) in [5, 5.41) is 6.16. The van der Waals surface area contributed by atoms with Crippen LogP contribution < -0.4 is 10.6 Å². The molecule has 1 aromatic carbocycles. The zero-order chi connectivity index (χ0) is 13.2. The number of nitrogens with one attached hydrogen (secondary N) is 2. The molecule has 18 heavy (non-hydrogen) atoms. The molecule has 3 heteroatoms. The topological polar surface area (TPSA) is 41.1 Å². The van der Waals surface area contributed by atoms with E-state index in [4.69, 9.17) is 0 Å². The van der Waals surface area contributed by atoms with Gasteiger partial charge in [0.05, 0.1) is 0 Å². The minimum atomic E-state index is 0.0421. The van der Waals surface area contributed by atoms with Gasteiger partial charge >= 0.3 is 0 Å². The Kier molecular flexibility index (Phi) is 3.60. The molecule has 1 aromatic rings. The van der Waals surface area contributed by atoms with Crippen LogP contribution in [0.3, 0.4) is 0 Å². The number of rotatable bonds is 5. The van der Waals surface area contributed by atoms with Crippen molar-refractivity contribution in [1.82, 2.24) is 5.32 Å². The summed E-state index contributed by atoms with van der Waals surface area (Å²) in [6.07, 6.45) is 3.66. The highest BCUT2D eigenvalue weighted by atomic mass is 16.1. The summed E-state index contributed by atoms with van der Waals surface area (Å²) in [7, 11) is 1.89. The highest BCUT2D eigenvalue weighted by molar-refractivity contribution is 5.94. The van der Waals surface area contributed by atoms with Crippen LogP contribution in [0.2, 0.25) is 0 Å². The van der Waals surface area contributed by atoms with E-state index in [9.17, 15) is 4.79 Å². The third-order valence-electron chi connectivity index (χ3n) is 4.09. The molecule has 1 aliphatic rings. The fraction of sp³-hybridized carbons (Fsp3) is 0.533. The fourth-order valence-corrected chi connectivity index (χ4v) is 2.29. The number of carbonyl (C=O) groups excluding carboxylic acids is 1. The first-order valence-electron chi connectivity index (χ1n) is 6.67. The quantitative estimate of drug-likeness (QED) is 0.838. The standard InChI is InChI=1S/C15H22N2O/c1-4-15(7-8-15)10-17-14(18)12-5-6-13(16-3)11(2)9-12/h5-6,9,16H,4,7-8,10H2,1-3H3,(H,17,18). The molecule has 0 spiro atoms. The third kappa shape index (κ3) is 2.66. The highest BCUT2D eigenvalue weighted by Crippen LogP contribution is 2.47. The van der Waals surface area contributed by atoms with Crippen LogP contribution >= 0.6 is 0 Å². The Hall–Kier alpha value is -1.51. The molecular weight excluding hydrogens is 224 g/mol. The molecule has 0 bridgehead atoms. The molecule has 0 radical (unpaired) electrons. The van der Waals surface area contributed by atoms with Crippen molar-refractivity contribution in [2.24, 2.45) is 5.41 Å². The van der Waals surface area contributed by atoms with Gasteiger partial charge < -0.3 is 10.6 Å². The second-order valence-electron chi connectivity index (χ2n) is 5.32. The lowest BCUT2D eigenvalue weighted by Gasteiger charge is -2.14. The van der Waals surface area contributed by atoms with Crippen molar-refractivity contribution in [3.05, 3.63) is 29.3 Å². The van der Waals surface area contributed by atoms with Crippen molar-refractivity contribution in [2.75, 3.05) is 18.9 Å². The summed E-state index contributed by atoms with van der Waals surface area (Å²) in [5.74, 6) is 0.0421. The molecule has 1 aliphatic carbocycles. The van der Waals surface area contributed by atoms with Crippen LogP contribution in [0.4, 0.5) is 5.69 Å². The summed E-state index contributed by atoms with van der Waals surface area (Å²) in [6, 6.07) is 5.77. The van der Waals surface area contributed by atoms with Crippen LogP contribution in [0.25, 0.3) is 0 Å². The van der Waals surface area contributed by atoms with Gasteiger partial charge in [-0.05, 0) is 55.4 Å². The Balaban J connectivity index is 1.98. The molecule has 0 saturated heterocycles. The van der Waals surface area contributed by atoms with Crippen LogP contribution in [0.15, 0.2) is 18.2 Å². The molecule has 1 saturated carbocycles. The first-order valence-corrected chi connectivity index (χ1v) is 6.67. The molecule has 98 valence electrons. The first kappa shape index (κ1) is 12.9. The number of amides is 1. The summed E-state index contributed by atoms with van der Waals surface area (Å²) >= 11 is 0. The van der Waals surface area contributed by atoms with Gasteiger partial charge in [0.25, 0.3) is 5.91 Å². The van der Waals surface area contributed by atoms with Crippen LogP contribution in [0.1, 0.15) is 42.1 Å². The zero-order valence-corrected chi connectivity index (χ0v) is 11.5. The van der Waals surface area contributed by atoms with Crippen LogP contribution in [-0.2, 0) is 0 Å². The van der Waals surface area contributed by atoms with Crippen molar-refractivity contribution in [3.63, 3.8) is 0 Å². The fourth-order valence-electron chi connectivity index (χ4n) is 2.29.